The molecule has 1 unspecified atom stereocenters. The molecule has 25 heavy (non-hydrogen) atoms. The Labute approximate surface area is 152 Å². The summed E-state index contributed by atoms with van der Waals surface area (Å²) in [5.41, 5.74) is 2.31. The van der Waals surface area contributed by atoms with Crippen molar-refractivity contribution < 1.29 is 14.2 Å². The Kier molecular flexibility index (Phi) is 4.94. The average molecular weight is 359 g/mol. The fraction of sp³-hybridized carbons (Fsp3) is 0.444. The molecule has 0 bridgehead atoms. The normalized spacial score (nSPS) is 20.3. The van der Waals surface area contributed by atoms with Crippen molar-refractivity contribution in [1.29, 1.82) is 0 Å². The number of carbonyl (C=O) groups excluding carboxylic acids is 2. The fourth-order valence-electron chi connectivity index (χ4n) is 3.05. The highest BCUT2D eigenvalue weighted by molar-refractivity contribution is 8.13. The molecule has 0 aromatic heterocycles. The van der Waals surface area contributed by atoms with Crippen molar-refractivity contribution in [3.05, 3.63) is 35.4 Å². The number of likely N-dealkylation sites (N-methyl/N-ethyl adjacent to an activating group) is 2. The first-order valence-corrected chi connectivity index (χ1v) is 9.38. The Bertz CT molecular complexity index is 787. The summed E-state index contributed by atoms with van der Waals surface area (Å²) in [5, 5.41) is 0.812. The van der Waals surface area contributed by atoms with E-state index < -0.39 is 6.04 Å². The van der Waals surface area contributed by atoms with Crippen LogP contribution in [-0.4, -0.2) is 63.2 Å². The molecule has 0 aliphatic carbocycles. The molecule has 0 N–H and O–H groups in total. The highest BCUT2D eigenvalue weighted by Gasteiger charge is 2.53. The third-order valence-corrected chi connectivity index (χ3v) is 5.56. The number of amides is 3. The highest BCUT2D eigenvalue weighted by atomic mass is 32.2. The molecular weight excluding hydrogens is 336 g/mol. The van der Waals surface area contributed by atoms with Crippen molar-refractivity contribution >= 4 is 34.7 Å². The van der Waals surface area contributed by atoms with Crippen molar-refractivity contribution in [2.45, 2.75) is 32.9 Å². The van der Waals surface area contributed by atoms with Crippen molar-refractivity contribution in [2.75, 3.05) is 19.8 Å². The minimum Gasteiger partial charge on any atom is -0.269 e. The van der Waals surface area contributed by atoms with E-state index in [9.17, 15) is 9.59 Å². The second-order valence-corrected chi connectivity index (χ2v) is 7.42. The second kappa shape index (κ2) is 7.00. The molecule has 1 fully saturated rings. The van der Waals surface area contributed by atoms with Crippen LogP contribution in [0.1, 0.15) is 24.5 Å². The molecule has 1 atom stereocenters. The molecule has 1 aromatic carbocycles. The molecule has 0 saturated carbocycles. The number of aliphatic imine (C=N–C) groups is 1. The lowest BCUT2D eigenvalue weighted by molar-refractivity contribution is -0.548. The third-order valence-electron chi connectivity index (χ3n) is 4.36. The zero-order valence-corrected chi connectivity index (χ0v) is 15.8. The Morgan fingerprint density at radius 3 is 2.68 bits per heavy atom. The number of fused-ring (bicyclic) bond motifs is 1. The average Bonchev–Trinajstić information content (AvgIpc) is 2.95. The number of imide groups is 1. The minimum absolute atomic E-state index is 0.221. The summed E-state index contributed by atoms with van der Waals surface area (Å²) in [6, 6.07) is 7.37. The predicted octanol–water partition coefficient (Wildman–Crippen LogP) is 2.31. The van der Waals surface area contributed by atoms with Crippen LogP contribution in [0.25, 0.3) is 0 Å². The van der Waals surface area contributed by atoms with Gasteiger partial charge in [-0.2, -0.15) is 0 Å². The Balaban J connectivity index is 1.99. The molecule has 0 spiro atoms. The Morgan fingerprint density at radius 2 is 2.00 bits per heavy atom. The lowest BCUT2D eigenvalue weighted by Crippen LogP contribution is -2.61. The number of urea groups is 1. The maximum atomic E-state index is 12.8. The highest BCUT2D eigenvalue weighted by Crippen LogP contribution is 2.24. The summed E-state index contributed by atoms with van der Waals surface area (Å²) in [4.78, 5) is 32.3. The Hall–Kier alpha value is -2.15. The Morgan fingerprint density at radius 1 is 1.24 bits per heavy atom. The van der Waals surface area contributed by atoms with Crippen molar-refractivity contribution in [3.63, 3.8) is 0 Å². The molecule has 3 amide bonds. The number of hydrogen-bond acceptors (Lipinski definition) is 4. The van der Waals surface area contributed by atoms with Crippen LogP contribution in [0.3, 0.4) is 0 Å². The topological polar surface area (TPSA) is 56.0 Å². The van der Waals surface area contributed by atoms with Gasteiger partial charge in [-0.05, 0) is 35.7 Å². The van der Waals surface area contributed by atoms with Crippen molar-refractivity contribution in [2.24, 2.45) is 4.99 Å². The largest absolute Gasteiger partial charge is 0.358 e. The SMILES string of the molecule is CCCSC1=[N+](Cc2cccc(C)c2)C2C(=O)N(C)C(=O)N(C)C2=N1. The van der Waals surface area contributed by atoms with Gasteiger partial charge in [0.25, 0.3) is 17.8 Å². The number of thioether (sulfide) groups is 1. The van der Waals surface area contributed by atoms with E-state index in [2.05, 4.69) is 37.0 Å². The van der Waals surface area contributed by atoms with Crippen LogP contribution in [0.4, 0.5) is 4.79 Å². The quantitative estimate of drug-likeness (QED) is 0.775. The lowest BCUT2D eigenvalue weighted by atomic mass is 10.1. The first-order valence-electron chi connectivity index (χ1n) is 8.39. The van der Waals surface area contributed by atoms with Crippen LogP contribution >= 0.6 is 11.8 Å². The number of benzene rings is 1. The number of carbonyl (C=O) groups is 2. The maximum absolute atomic E-state index is 12.8. The van der Waals surface area contributed by atoms with Crippen LogP contribution in [0.2, 0.25) is 0 Å². The van der Waals surface area contributed by atoms with E-state index >= 15 is 0 Å². The van der Waals surface area contributed by atoms with E-state index in [-0.39, 0.29) is 11.9 Å². The third kappa shape index (κ3) is 3.20. The number of aryl methyl sites for hydroxylation is 1. The minimum atomic E-state index is -0.535. The first-order chi connectivity index (χ1) is 11.9. The monoisotopic (exact) mass is 359 g/mol. The second-order valence-electron chi connectivity index (χ2n) is 6.36. The van der Waals surface area contributed by atoms with E-state index in [1.54, 1.807) is 18.8 Å². The van der Waals surface area contributed by atoms with Gasteiger partial charge in [-0.25, -0.2) is 9.37 Å². The van der Waals surface area contributed by atoms with Gasteiger partial charge in [-0.15, -0.1) is 0 Å². The van der Waals surface area contributed by atoms with Crippen molar-refractivity contribution in [1.82, 2.24) is 9.80 Å². The van der Waals surface area contributed by atoms with Gasteiger partial charge in [0.1, 0.15) is 6.54 Å². The first kappa shape index (κ1) is 17.7. The predicted molar refractivity (Wildman–Crippen MR) is 100 cm³/mol. The molecule has 6 nitrogen and oxygen atoms in total. The summed E-state index contributed by atoms with van der Waals surface area (Å²) >= 11 is 1.63. The molecule has 2 aliphatic rings. The maximum Gasteiger partial charge on any atom is 0.358 e. The summed E-state index contributed by atoms with van der Waals surface area (Å²) < 4.78 is 2.02. The summed E-state index contributed by atoms with van der Waals surface area (Å²) in [6.45, 7) is 4.76. The smallest absolute Gasteiger partial charge is 0.269 e. The van der Waals surface area contributed by atoms with E-state index in [1.165, 1.54) is 22.4 Å². The summed E-state index contributed by atoms with van der Waals surface area (Å²) in [7, 11) is 3.20. The van der Waals surface area contributed by atoms with Crippen molar-refractivity contribution in [3.8, 4) is 0 Å². The van der Waals surface area contributed by atoms with Gasteiger partial charge in [-0.1, -0.05) is 36.8 Å². The molecule has 1 saturated heterocycles. The zero-order valence-electron chi connectivity index (χ0n) is 15.0. The van der Waals surface area contributed by atoms with Gasteiger partial charge in [0.15, 0.2) is 0 Å². The molecule has 0 radical (unpaired) electrons. The zero-order chi connectivity index (χ0) is 18.1. The van der Waals surface area contributed by atoms with E-state index in [0.717, 1.165) is 22.9 Å². The van der Waals surface area contributed by atoms with Gasteiger partial charge < -0.3 is 0 Å². The molecule has 1 aromatic rings. The number of amidine groups is 2. The van der Waals surface area contributed by atoms with Crippen LogP contribution < -0.4 is 0 Å². The van der Waals surface area contributed by atoms with E-state index in [4.69, 9.17) is 0 Å². The van der Waals surface area contributed by atoms with Crippen LogP contribution in [-0.2, 0) is 11.3 Å². The van der Waals surface area contributed by atoms with Crippen LogP contribution in [0.15, 0.2) is 29.3 Å². The molecule has 7 heteroatoms. The summed E-state index contributed by atoms with van der Waals surface area (Å²) in [5.74, 6) is 1.23. The van der Waals surface area contributed by atoms with Gasteiger partial charge in [0, 0.05) is 19.8 Å². The van der Waals surface area contributed by atoms with Crippen LogP contribution in [0, 0.1) is 6.92 Å². The molecule has 2 aliphatic heterocycles. The van der Waals surface area contributed by atoms with Gasteiger partial charge in [-0.3, -0.25) is 14.6 Å². The molecule has 132 valence electrons. The number of rotatable bonds is 4. The lowest BCUT2D eigenvalue weighted by Gasteiger charge is -2.30. The van der Waals surface area contributed by atoms with E-state index in [1.807, 2.05) is 10.6 Å². The fourth-order valence-corrected chi connectivity index (χ4v) is 3.93. The number of nitrogens with zero attached hydrogens (tertiary/aromatic N) is 4. The molecular formula is C18H23N4O2S+. The van der Waals surface area contributed by atoms with Gasteiger partial charge in [0.2, 0.25) is 0 Å². The summed E-state index contributed by atoms with van der Waals surface area (Å²) in [6.07, 6.45) is 1.02. The van der Waals surface area contributed by atoms with Crippen LogP contribution in [0.5, 0.6) is 0 Å². The standard InChI is InChI=1S/C18H23N4O2S/c1-5-9-25-17-19-15-14(16(23)21(4)18(24)20(15)3)22(17)11-13-8-6-7-12(2)10-13/h6-8,10,14H,5,9,11H2,1-4H3/q+1. The van der Waals surface area contributed by atoms with Gasteiger partial charge in [0.05, 0.1) is 0 Å². The molecule has 2 heterocycles. The molecule has 3 rings (SSSR count). The van der Waals surface area contributed by atoms with E-state index in [0.29, 0.717) is 12.4 Å². The van der Waals surface area contributed by atoms with Gasteiger partial charge >= 0.3 is 11.2 Å². The number of hydrogen-bond donors (Lipinski definition) is 0.